The molecule has 8 heteroatoms. The number of piperidine rings is 1. The first-order valence-electron chi connectivity index (χ1n) is 9.67. The van der Waals surface area contributed by atoms with Gasteiger partial charge in [0, 0.05) is 37.6 Å². The number of likely N-dealkylation sites (tertiary alicyclic amines) is 1. The summed E-state index contributed by atoms with van der Waals surface area (Å²) in [5, 5.41) is 6.98. The quantitative estimate of drug-likeness (QED) is 0.818. The van der Waals surface area contributed by atoms with Gasteiger partial charge in [0.1, 0.15) is 30.9 Å². The molecule has 2 aliphatic rings. The molecule has 1 aromatic carbocycles. The molecule has 0 bridgehead atoms. The van der Waals surface area contributed by atoms with E-state index in [4.69, 9.17) is 9.47 Å². The van der Waals surface area contributed by atoms with E-state index in [1.54, 1.807) is 18.3 Å². The highest BCUT2D eigenvalue weighted by atomic mass is 19.1. The van der Waals surface area contributed by atoms with Gasteiger partial charge >= 0.3 is 0 Å². The number of benzene rings is 1. The van der Waals surface area contributed by atoms with E-state index in [1.165, 1.54) is 12.1 Å². The highest BCUT2D eigenvalue weighted by molar-refractivity contribution is 5.78. The first-order chi connectivity index (χ1) is 13.7. The monoisotopic (exact) mass is 388 g/mol. The summed E-state index contributed by atoms with van der Waals surface area (Å²) in [5.41, 5.74) is 1.11. The summed E-state index contributed by atoms with van der Waals surface area (Å²) >= 11 is 0. The van der Waals surface area contributed by atoms with Crippen molar-refractivity contribution in [3.8, 4) is 5.75 Å². The molecule has 1 N–H and O–H groups in total. The van der Waals surface area contributed by atoms with Crippen LogP contribution in [0.5, 0.6) is 5.75 Å². The molecular weight excluding hydrogens is 363 g/mol. The number of nitrogens with one attached hydrogen (secondary N) is 1. The number of aromatic nitrogens is 2. The van der Waals surface area contributed by atoms with E-state index in [2.05, 4.69) is 15.1 Å². The lowest BCUT2D eigenvalue weighted by Crippen LogP contribution is -2.55. The van der Waals surface area contributed by atoms with Crippen LogP contribution in [0.1, 0.15) is 18.5 Å². The normalized spacial score (nSPS) is 21.8. The second-order valence-corrected chi connectivity index (χ2v) is 7.33. The molecule has 0 spiro atoms. The van der Waals surface area contributed by atoms with Crippen molar-refractivity contribution < 1.29 is 18.7 Å². The summed E-state index contributed by atoms with van der Waals surface area (Å²) in [6.07, 6.45) is 3.49. The third kappa shape index (κ3) is 4.69. The van der Waals surface area contributed by atoms with E-state index in [9.17, 15) is 9.18 Å². The van der Waals surface area contributed by atoms with Gasteiger partial charge in [0.05, 0.1) is 6.54 Å². The van der Waals surface area contributed by atoms with Crippen molar-refractivity contribution in [1.29, 1.82) is 0 Å². The van der Waals surface area contributed by atoms with Gasteiger partial charge in [-0.1, -0.05) is 0 Å². The summed E-state index contributed by atoms with van der Waals surface area (Å²) in [4.78, 5) is 16.7. The Labute approximate surface area is 163 Å². The zero-order valence-corrected chi connectivity index (χ0v) is 15.7. The Kier molecular flexibility index (Phi) is 5.87. The Bertz CT molecular complexity index is 760. The maximum Gasteiger partial charge on any atom is 0.248 e. The van der Waals surface area contributed by atoms with Crippen molar-refractivity contribution in [2.45, 2.75) is 31.5 Å². The molecule has 4 rings (SSSR count). The van der Waals surface area contributed by atoms with Gasteiger partial charge < -0.3 is 14.4 Å². The van der Waals surface area contributed by atoms with E-state index >= 15 is 0 Å². The summed E-state index contributed by atoms with van der Waals surface area (Å²) < 4.78 is 24.3. The van der Waals surface area contributed by atoms with E-state index in [0.29, 0.717) is 18.9 Å². The molecule has 0 aliphatic carbocycles. The van der Waals surface area contributed by atoms with Crippen LogP contribution in [0.2, 0.25) is 0 Å². The van der Waals surface area contributed by atoms with Crippen LogP contribution in [0.15, 0.2) is 36.5 Å². The first kappa shape index (κ1) is 18.9. The number of ether oxygens (including phenoxy) is 2. The van der Waals surface area contributed by atoms with Crippen molar-refractivity contribution in [3.05, 3.63) is 48.0 Å². The molecule has 1 unspecified atom stereocenters. The number of carbonyl (C=O) groups is 1. The van der Waals surface area contributed by atoms with Gasteiger partial charge in [0.25, 0.3) is 0 Å². The Hall–Kier alpha value is -2.45. The van der Waals surface area contributed by atoms with Gasteiger partial charge in [-0.25, -0.2) is 4.39 Å². The Balaban J connectivity index is 1.26. The van der Waals surface area contributed by atoms with Gasteiger partial charge in [-0.3, -0.25) is 14.8 Å². The minimum absolute atomic E-state index is 0.0463. The molecule has 3 heterocycles. The lowest BCUT2D eigenvalue weighted by atomic mass is 10.0. The predicted octanol–water partition coefficient (Wildman–Crippen LogP) is 1.82. The van der Waals surface area contributed by atoms with Crippen molar-refractivity contribution >= 4 is 5.91 Å². The molecule has 0 radical (unpaired) electrons. The van der Waals surface area contributed by atoms with Gasteiger partial charge in [0.15, 0.2) is 0 Å². The fourth-order valence-electron chi connectivity index (χ4n) is 3.82. The maximum absolute atomic E-state index is 13.0. The van der Waals surface area contributed by atoms with E-state index in [0.717, 1.165) is 38.2 Å². The molecule has 2 aliphatic heterocycles. The summed E-state index contributed by atoms with van der Waals surface area (Å²) in [5.74, 6) is 0.350. The minimum atomic E-state index is -0.295. The Morgan fingerprint density at radius 1 is 1.21 bits per heavy atom. The molecule has 0 saturated carbocycles. The SMILES string of the molecule is O=C1COC(COc2ccc(F)cc2)CN1C1CCN(Cc2ccn[nH]2)CC1. The van der Waals surface area contributed by atoms with Crippen molar-refractivity contribution in [2.24, 2.45) is 0 Å². The lowest BCUT2D eigenvalue weighted by Gasteiger charge is -2.42. The highest BCUT2D eigenvalue weighted by Crippen LogP contribution is 2.22. The Morgan fingerprint density at radius 2 is 2.00 bits per heavy atom. The lowest BCUT2D eigenvalue weighted by molar-refractivity contribution is -0.155. The third-order valence-electron chi connectivity index (χ3n) is 5.36. The number of halogens is 1. The molecule has 2 fully saturated rings. The number of morpholine rings is 1. The highest BCUT2D eigenvalue weighted by Gasteiger charge is 2.33. The number of aromatic amines is 1. The smallest absolute Gasteiger partial charge is 0.248 e. The summed E-state index contributed by atoms with van der Waals surface area (Å²) in [7, 11) is 0. The molecule has 1 atom stereocenters. The van der Waals surface area contributed by atoms with Gasteiger partial charge in [0.2, 0.25) is 5.91 Å². The van der Waals surface area contributed by atoms with Crippen LogP contribution >= 0.6 is 0 Å². The number of carbonyl (C=O) groups excluding carboxylic acids is 1. The molecule has 7 nitrogen and oxygen atoms in total. The standard InChI is InChI=1S/C20H25FN4O3/c21-15-1-3-18(4-2-15)27-13-19-12-25(20(26)14-28-19)17-6-9-24(10-7-17)11-16-5-8-22-23-16/h1-5,8,17,19H,6-7,9-14H2,(H,22,23). The zero-order valence-electron chi connectivity index (χ0n) is 15.7. The largest absolute Gasteiger partial charge is 0.491 e. The van der Waals surface area contributed by atoms with Crippen LogP contribution in [0.25, 0.3) is 0 Å². The molecule has 150 valence electrons. The van der Waals surface area contributed by atoms with Crippen LogP contribution in [0.4, 0.5) is 4.39 Å². The number of rotatable bonds is 6. The van der Waals surface area contributed by atoms with Crippen LogP contribution in [0.3, 0.4) is 0 Å². The van der Waals surface area contributed by atoms with E-state index in [1.807, 2.05) is 11.0 Å². The third-order valence-corrected chi connectivity index (χ3v) is 5.36. The average molecular weight is 388 g/mol. The fourth-order valence-corrected chi connectivity index (χ4v) is 3.82. The molecular formula is C20H25FN4O3. The topological polar surface area (TPSA) is 70.7 Å². The predicted molar refractivity (Wildman–Crippen MR) is 100 cm³/mol. The number of amides is 1. The fraction of sp³-hybridized carbons (Fsp3) is 0.500. The number of nitrogens with zero attached hydrogens (tertiary/aromatic N) is 3. The van der Waals surface area contributed by atoms with E-state index < -0.39 is 0 Å². The second kappa shape index (κ2) is 8.70. The van der Waals surface area contributed by atoms with Crippen LogP contribution in [-0.4, -0.2) is 70.9 Å². The van der Waals surface area contributed by atoms with Gasteiger partial charge in [-0.2, -0.15) is 5.10 Å². The van der Waals surface area contributed by atoms with Crippen molar-refractivity contribution in [2.75, 3.05) is 32.8 Å². The van der Waals surface area contributed by atoms with Crippen molar-refractivity contribution in [3.63, 3.8) is 0 Å². The number of hydrogen-bond donors (Lipinski definition) is 1. The molecule has 2 aromatic rings. The van der Waals surface area contributed by atoms with Crippen LogP contribution in [-0.2, 0) is 16.1 Å². The second-order valence-electron chi connectivity index (χ2n) is 7.33. The first-order valence-corrected chi connectivity index (χ1v) is 9.67. The zero-order chi connectivity index (χ0) is 19.3. The number of hydrogen-bond acceptors (Lipinski definition) is 5. The van der Waals surface area contributed by atoms with E-state index in [-0.39, 0.29) is 30.5 Å². The molecule has 1 aromatic heterocycles. The molecule has 1 amide bonds. The van der Waals surface area contributed by atoms with Crippen molar-refractivity contribution in [1.82, 2.24) is 20.0 Å². The summed E-state index contributed by atoms with van der Waals surface area (Å²) in [6.45, 7) is 3.72. The Morgan fingerprint density at radius 3 is 2.71 bits per heavy atom. The molecule has 28 heavy (non-hydrogen) atoms. The minimum Gasteiger partial charge on any atom is -0.491 e. The van der Waals surface area contributed by atoms with Gasteiger partial charge in [-0.15, -0.1) is 0 Å². The van der Waals surface area contributed by atoms with Crippen LogP contribution in [0, 0.1) is 5.82 Å². The summed E-state index contributed by atoms with van der Waals surface area (Å²) in [6, 6.07) is 8.15. The number of H-pyrrole nitrogens is 1. The molecule has 2 saturated heterocycles. The maximum atomic E-state index is 13.0. The van der Waals surface area contributed by atoms with Gasteiger partial charge in [-0.05, 0) is 43.2 Å². The van der Waals surface area contributed by atoms with Crippen LogP contribution < -0.4 is 4.74 Å². The average Bonchev–Trinajstić information content (AvgIpc) is 3.22.